The maximum atomic E-state index is 6.09. The van der Waals surface area contributed by atoms with Crippen LogP contribution in [0.2, 0.25) is 0 Å². The van der Waals surface area contributed by atoms with Crippen LogP contribution in [0.15, 0.2) is 93.3 Å². The van der Waals surface area contributed by atoms with Crippen molar-refractivity contribution < 1.29 is 0 Å². The lowest BCUT2D eigenvalue weighted by Gasteiger charge is -2.08. The minimum Gasteiger partial charge on any atom is -0.397 e. The topological polar surface area (TPSA) is 75.5 Å². The SMILES string of the molecule is CCC(C)Cc1ccc(N=Nc2c(N)cccc2N=Nc2ccccc2)cc1. The Hall–Kier alpha value is -3.34. The van der Waals surface area contributed by atoms with Crippen molar-refractivity contribution in [3.05, 3.63) is 78.4 Å². The van der Waals surface area contributed by atoms with Crippen molar-refractivity contribution in [2.45, 2.75) is 26.7 Å². The quantitative estimate of drug-likeness (QED) is 0.335. The zero-order valence-corrected chi connectivity index (χ0v) is 16.3. The lowest BCUT2D eigenvalue weighted by Crippen LogP contribution is -1.96. The van der Waals surface area contributed by atoms with Gasteiger partial charge in [0.1, 0.15) is 11.4 Å². The maximum absolute atomic E-state index is 6.09. The zero-order chi connectivity index (χ0) is 19.8. The number of nitrogens with two attached hydrogens (primary N) is 1. The van der Waals surface area contributed by atoms with E-state index in [1.165, 1.54) is 12.0 Å². The fraction of sp³-hybridized carbons (Fsp3) is 0.217. The number of hydrogen-bond acceptors (Lipinski definition) is 5. The fourth-order valence-corrected chi connectivity index (χ4v) is 2.70. The second-order valence-corrected chi connectivity index (χ2v) is 6.83. The molecule has 3 aromatic carbocycles. The van der Waals surface area contributed by atoms with Gasteiger partial charge in [0.25, 0.3) is 0 Å². The molecule has 0 aliphatic carbocycles. The molecule has 0 fully saturated rings. The number of azo groups is 2. The van der Waals surface area contributed by atoms with Crippen LogP contribution in [0.5, 0.6) is 0 Å². The van der Waals surface area contributed by atoms with Crippen molar-refractivity contribution in [2.75, 3.05) is 5.73 Å². The average molecular weight is 371 g/mol. The van der Waals surface area contributed by atoms with Crippen molar-refractivity contribution >= 4 is 28.4 Å². The molecule has 0 saturated heterocycles. The number of rotatable bonds is 7. The Kier molecular flexibility index (Phi) is 6.63. The fourth-order valence-electron chi connectivity index (χ4n) is 2.70. The average Bonchev–Trinajstić information content (AvgIpc) is 2.73. The molecule has 3 rings (SSSR count). The molecule has 0 aliphatic rings. The number of hydrogen-bond donors (Lipinski definition) is 1. The van der Waals surface area contributed by atoms with Crippen LogP contribution in [0.25, 0.3) is 0 Å². The first-order valence-corrected chi connectivity index (χ1v) is 9.51. The van der Waals surface area contributed by atoms with Gasteiger partial charge in [-0.2, -0.15) is 10.2 Å². The number of nitrogens with zero attached hydrogens (tertiary/aromatic N) is 4. The van der Waals surface area contributed by atoms with Crippen molar-refractivity contribution in [3.63, 3.8) is 0 Å². The van der Waals surface area contributed by atoms with E-state index in [-0.39, 0.29) is 0 Å². The predicted molar refractivity (Wildman–Crippen MR) is 115 cm³/mol. The molecule has 0 bridgehead atoms. The molecule has 3 aromatic rings. The molecule has 0 heterocycles. The van der Waals surface area contributed by atoms with Crippen LogP contribution in [-0.4, -0.2) is 0 Å². The van der Waals surface area contributed by atoms with Gasteiger partial charge in [-0.1, -0.05) is 56.7 Å². The largest absolute Gasteiger partial charge is 0.397 e. The van der Waals surface area contributed by atoms with Gasteiger partial charge in [-0.05, 0) is 54.3 Å². The van der Waals surface area contributed by atoms with Crippen LogP contribution in [-0.2, 0) is 6.42 Å². The van der Waals surface area contributed by atoms with Gasteiger partial charge >= 0.3 is 0 Å². The molecule has 0 aliphatic heterocycles. The van der Waals surface area contributed by atoms with E-state index in [0.29, 0.717) is 23.0 Å². The first-order chi connectivity index (χ1) is 13.7. The van der Waals surface area contributed by atoms with Crippen LogP contribution >= 0.6 is 0 Å². The summed E-state index contributed by atoms with van der Waals surface area (Å²) in [6.07, 6.45) is 2.25. The molecule has 2 N–H and O–H groups in total. The second-order valence-electron chi connectivity index (χ2n) is 6.83. The van der Waals surface area contributed by atoms with E-state index in [1.807, 2.05) is 54.6 Å². The number of anilines is 1. The summed E-state index contributed by atoms with van der Waals surface area (Å²) in [7, 11) is 0. The van der Waals surface area contributed by atoms with Crippen LogP contribution in [0, 0.1) is 5.92 Å². The predicted octanol–water partition coefficient (Wildman–Crippen LogP) is 7.69. The Morgan fingerprint density at radius 1 is 0.750 bits per heavy atom. The molecule has 5 nitrogen and oxygen atoms in total. The minimum absolute atomic E-state index is 0.515. The van der Waals surface area contributed by atoms with Crippen LogP contribution in [0.4, 0.5) is 28.4 Å². The first kappa shape index (κ1) is 19.4. The highest BCUT2D eigenvalue weighted by molar-refractivity contribution is 5.75. The van der Waals surface area contributed by atoms with Crippen molar-refractivity contribution in [3.8, 4) is 0 Å². The second kappa shape index (κ2) is 9.55. The van der Waals surface area contributed by atoms with E-state index in [9.17, 15) is 0 Å². The normalized spacial score (nSPS) is 12.6. The standard InChI is InChI=1S/C23H25N5/c1-3-17(2)16-18-12-14-20(15-13-18)26-28-23-21(24)10-7-11-22(23)27-25-19-8-5-4-6-9-19/h4-15,17H,3,16,24H2,1-2H3. The highest BCUT2D eigenvalue weighted by atomic mass is 15.2. The van der Waals surface area contributed by atoms with E-state index < -0.39 is 0 Å². The van der Waals surface area contributed by atoms with Gasteiger partial charge in [-0.3, -0.25) is 0 Å². The molecular weight excluding hydrogens is 346 g/mol. The Balaban J connectivity index is 1.79. The third-order valence-electron chi connectivity index (χ3n) is 4.56. The first-order valence-electron chi connectivity index (χ1n) is 9.51. The molecule has 5 heteroatoms. The highest BCUT2D eigenvalue weighted by Crippen LogP contribution is 2.36. The summed E-state index contributed by atoms with van der Waals surface area (Å²) >= 11 is 0. The van der Waals surface area contributed by atoms with E-state index in [2.05, 4.69) is 46.4 Å². The van der Waals surface area contributed by atoms with Crippen LogP contribution in [0.3, 0.4) is 0 Å². The van der Waals surface area contributed by atoms with Crippen molar-refractivity contribution in [1.82, 2.24) is 0 Å². The summed E-state index contributed by atoms with van der Waals surface area (Å²) in [6.45, 7) is 4.47. The molecule has 0 radical (unpaired) electrons. The molecule has 0 amide bonds. The van der Waals surface area contributed by atoms with Gasteiger partial charge in [-0.15, -0.1) is 10.2 Å². The Bertz CT molecular complexity index is 946. The van der Waals surface area contributed by atoms with Gasteiger partial charge in [0.05, 0.1) is 17.1 Å². The van der Waals surface area contributed by atoms with Crippen molar-refractivity contribution in [1.29, 1.82) is 0 Å². The smallest absolute Gasteiger partial charge is 0.136 e. The van der Waals surface area contributed by atoms with Gasteiger partial charge < -0.3 is 5.73 Å². The molecule has 1 atom stereocenters. The molecule has 0 aromatic heterocycles. The summed E-state index contributed by atoms with van der Waals surface area (Å²) in [5.74, 6) is 0.675. The summed E-state index contributed by atoms with van der Waals surface area (Å²) < 4.78 is 0. The molecule has 0 saturated carbocycles. The zero-order valence-electron chi connectivity index (χ0n) is 16.3. The van der Waals surface area contributed by atoms with E-state index in [4.69, 9.17) is 5.73 Å². The molecule has 142 valence electrons. The Morgan fingerprint density at radius 2 is 1.43 bits per heavy atom. The number of benzene rings is 3. The summed E-state index contributed by atoms with van der Waals surface area (Å²) in [5, 5.41) is 17.2. The molecular formula is C23H25N5. The van der Waals surface area contributed by atoms with Crippen molar-refractivity contribution in [2.24, 2.45) is 26.4 Å². The minimum atomic E-state index is 0.515. The maximum Gasteiger partial charge on any atom is 0.136 e. The molecule has 0 spiro atoms. The molecule has 1 unspecified atom stereocenters. The summed E-state index contributed by atoms with van der Waals surface area (Å²) in [4.78, 5) is 0. The van der Waals surface area contributed by atoms with Gasteiger partial charge in [0, 0.05) is 0 Å². The third kappa shape index (κ3) is 5.33. The van der Waals surface area contributed by atoms with Crippen LogP contribution in [0.1, 0.15) is 25.8 Å². The lowest BCUT2D eigenvalue weighted by molar-refractivity contribution is 0.560. The van der Waals surface area contributed by atoms with Gasteiger partial charge in [-0.25, -0.2) is 0 Å². The Labute approximate surface area is 166 Å². The Morgan fingerprint density at radius 3 is 2.14 bits per heavy atom. The lowest BCUT2D eigenvalue weighted by atomic mass is 9.99. The summed E-state index contributed by atoms with van der Waals surface area (Å²) in [6, 6.07) is 23.1. The monoisotopic (exact) mass is 371 g/mol. The van der Waals surface area contributed by atoms with E-state index >= 15 is 0 Å². The number of nitrogen functional groups attached to an aromatic ring is 1. The van der Waals surface area contributed by atoms with Gasteiger partial charge in [0.15, 0.2) is 0 Å². The van der Waals surface area contributed by atoms with Crippen LogP contribution < -0.4 is 5.73 Å². The van der Waals surface area contributed by atoms with Gasteiger partial charge in [0.2, 0.25) is 0 Å². The van der Waals surface area contributed by atoms with E-state index in [1.54, 1.807) is 6.07 Å². The highest BCUT2D eigenvalue weighted by Gasteiger charge is 2.06. The molecule has 28 heavy (non-hydrogen) atoms. The third-order valence-corrected chi connectivity index (χ3v) is 4.56. The van der Waals surface area contributed by atoms with E-state index in [0.717, 1.165) is 17.8 Å². The summed E-state index contributed by atoms with van der Waals surface area (Å²) in [5.41, 5.74) is 10.6.